The number of sulfonamides is 1. The zero-order chi connectivity index (χ0) is 24.3. The quantitative estimate of drug-likeness (QED) is 0.679. The molecule has 180 valence electrons. The van der Waals surface area contributed by atoms with Crippen molar-refractivity contribution in [3.8, 4) is 5.75 Å². The third-order valence-electron chi connectivity index (χ3n) is 6.56. The summed E-state index contributed by atoms with van der Waals surface area (Å²) in [5.41, 5.74) is 3.60. The number of likely N-dealkylation sites (tertiary alicyclic amines) is 1. The third kappa shape index (κ3) is 5.01. The summed E-state index contributed by atoms with van der Waals surface area (Å²) < 4.78 is 35.0. The molecular formula is C26H31N3O4S. The summed E-state index contributed by atoms with van der Waals surface area (Å²) in [5.74, 6) is 1.11. The van der Waals surface area contributed by atoms with Crippen molar-refractivity contribution in [3.05, 3.63) is 70.8 Å². The molecule has 2 aromatic rings. The molecule has 2 aliphatic rings. The fourth-order valence-electron chi connectivity index (χ4n) is 4.51. The van der Waals surface area contributed by atoms with Crippen LogP contribution >= 0.6 is 0 Å². The lowest BCUT2D eigenvalue weighted by molar-refractivity contribution is -0.126. The van der Waals surface area contributed by atoms with Crippen molar-refractivity contribution in [2.24, 2.45) is 10.3 Å². The number of amides is 1. The average Bonchev–Trinajstić information content (AvgIpc) is 3.11. The van der Waals surface area contributed by atoms with Crippen LogP contribution in [0.3, 0.4) is 0 Å². The first kappa shape index (κ1) is 24.0. The fraction of sp³-hybridized carbons (Fsp3) is 0.385. The molecule has 8 heteroatoms. The van der Waals surface area contributed by atoms with Crippen LogP contribution in [-0.2, 0) is 27.8 Å². The molecule has 0 radical (unpaired) electrons. The van der Waals surface area contributed by atoms with Crippen molar-refractivity contribution in [3.63, 3.8) is 0 Å². The van der Waals surface area contributed by atoms with E-state index in [1.54, 1.807) is 38.3 Å². The predicted octanol–water partition coefficient (Wildman–Crippen LogP) is 3.76. The maximum absolute atomic E-state index is 12.8. The van der Waals surface area contributed by atoms with Gasteiger partial charge in [-0.15, -0.1) is 4.40 Å². The van der Waals surface area contributed by atoms with E-state index >= 15 is 0 Å². The highest BCUT2D eigenvalue weighted by Gasteiger charge is 2.35. The van der Waals surface area contributed by atoms with E-state index in [1.165, 1.54) is 5.56 Å². The normalized spacial score (nSPS) is 18.1. The Balaban J connectivity index is 1.38. The summed E-state index contributed by atoms with van der Waals surface area (Å²) in [6.45, 7) is 5.61. The molecule has 0 spiro atoms. The number of nitrogens with one attached hydrogen (secondary N) is 1. The van der Waals surface area contributed by atoms with Crippen molar-refractivity contribution in [1.82, 2.24) is 10.2 Å². The summed E-state index contributed by atoms with van der Waals surface area (Å²) in [7, 11) is -2.21. The summed E-state index contributed by atoms with van der Waals surface area (Å²) in [4.78, 5) is 14.9. The molecule has 1 amide bonds. The van der Waals surface area contributed by atoms with Gasteiger partial charge in [0.15, 0.2) is 0 Å². The Bertz CT molecular complexity index is 1210. The van der Waals surface area contributed by atoms with Crippen LogP contribution in [-0.4, -0.2) is 45.3 Å². The molecule has 2 aliphatic heterocycles. The second kappa shape index (κ2) is 10.0. The Morgan fingerprint density at radius 1 is 1.06 bits per heavy atom. The minimum atomic E-state index is -3.78. The zero-order valence-electron chi connectivity index (χ0n) is 19.9. The van der Waals surface area contributed by atoms with Gasteiger partial charge < -0.3 is 15.0 Å². The first-order valence-corrected chi connectivity index (χ1v) is 13.1. The minimum Gasteiger partial charge on any atom is -0.497 e. The van der Waals surface area contributed by atoms with Gasteiger partial charge in [0, 0.05) is 31.1 Å². The van der Waals surface area contributed by atoms with Crippen LogP contribution in [0, 0.1) is 5.92 Å². The standard InChI is InChI=1S/C26H31N3O4S/c1-4-19-5-7-20(8-6-19)17-27-26(30)22-13-15-29(16-14-22)25-18(2)24(34(31,32)28-25)21-9-11-23(33-3)12-10-21/h5-12,22H,4,13-17H2,1-3H3,(H,27,30). The highest BCUT2D eigenvalue weighted by Crippen LogP contribution is 2.35. The van der Waals surface area contributed by atoms with Crippen molar-refractivity contribution >= 4 is 26.7 Å². The SMILES string of the molecule is CCc1ccc(CNC(=O)C2CCN(C3=NS(=O)(=O)C(c4ccc(OC)cc4)=C3C)CC2)cc1. The van der Waals surface area contributed by atoms with Crippen LogP contribution in [0.5, 0.6) is 5.75 Å². The molecule has 2 heterocycles. The Labute approximate surface area is 201 Å². The summed E-state index contributed by atoms with van der Waals surface area (Å²) in [6, 6.07) is 15.2. The van der Waals surface area contributed by atoms with Crippen molar-refractivity contribution in [2.75, 3.05) is 20.2 Å². The minimum absolute atomic E-state index is 0.0476. The molecule has 7 nitrogen and oxygen atoms in total. The van der Waals surface area contributed by atoms with E-state index in [0.717, 1.165) is 12.0 Å². The smallest absolute Gasteiger partial charge is 0.285 e. The van der Waals surface area contributed by atoms with Crippen LogP contribution in [0.2, 0.25) is 0 Å². The van der Waals surface area contributed by atoms with E-state index in [1.807, 2.05) is 4.90 Å². The highest BCUT2D eigenvalue weighted by atomic mass is 32.2. The van der Waals surface area contributed by atoms with E-state index in [0.29, 0.717) is 55.2 Å². The number of ether oxygens (including phenoxy) is 1. The second-order valence-electron chi connectivity index (χ2n) is 8.72. The molecule has 4 rings (SSSR count). The van der Waals surface area contributed by atoms with E-state index in [2.05, 4.69) is 40.9 Å². The fourth-order valence-corrected chi connectivity index (χ4v) is 5.99. The van der Waals surface area contributed by atoms with Crippen molar-refractivity contribution in [1.29, 1.82) is 0 Å². The van der Waals surface area contributed by atoms with Crippen LogP contribution in [0.15, 0.2) is 58.5 Å². The molecule has 1 fully saturated rings. The topological polar surface area (TPSA) is 88.1 Å². The Kier molecular flexibility index (Phi) is 7.07. The molecule has 0 bridgehead atoms. The summed E-state index contributed by atoms with van der Waals surface area (Å²) in [5, 5.41) is 3.05. The molecule has 0 aliphatic carbocycles. The van der Waals surface area contributed by atoms with Gasteiger partial charge in [0.05, 0.1) is 7.11 Å². The number of hydrogen-bond donors (Lipinski definition) is 1. The molecule has 34 heavy (non-hydrogen) atoms. The zero-order valence-corrected chi connectivity index (χ0v) is 20.7. The molecule has 0 aromatic heterocycles. The van der Waals surface area contributed by atoms with Gasteiger partial charge in [-0.1, -0.05) is 31.2 Å². The number of carbonyl (C=O) groups excluding carboxylic acids is 1. The molecule has 1 saturated heterocycles. The third-order valence-corrected chi connectivity index (χ3v) is 8.03. The van der Waals surface area contributed by atoms with Gasteiger partial charge in [-0.3, -0.25) is 4.79 Å². The second-order valence-corrected chi connectivity index (χ2v) is 10.3. The van der Waals surface area contributed by atoms with Crippen LogP contribution < -0.4 is 10.1 Å². The van der Waals surface area contributed by atoms with Crippen LogP contribution in [0.4, 0.5) is 0 Å². The summed E-state index contributed by atoms with van der Waals surface area (Å²) in [6.07, 6.45) is 2.31. The van der Waals surface area contributed by atoms with Gasteiger partial charge in [-0.25, -0.2) is 0 Å². The molecule has 0 saturated carbocycles. The largest absolute Gasteiger partial charge is 0.497 e. The first-order valence-electron chi connectivity index (χ1n) is 11.6. The van der Waals surface area contributed by atoms with Crippen LogP contribution in [0.25, 0.3) is 4.91 Å². The average molecular weight is 482 g/mol. The highest BCUT2D eigenvalue weighted by molar-refractivity contribution is 8.00. The van der Waals surface area contributed by atoms with Crippen molar-refractivity contribution < 1.29 is 17.9 Å². The molecule has 0 unspecified atom stereocenters. The molecule has 1 N–H and O–H groups in total. The number of nitrogens with zero attached hydrogens (tertiary/aromatic N) is 2. The lowest BCUT2D eigenvalue weighted by atomic mass is 9.95. The monoisotopic (exact) mass is 481 g/mol. The van der Waals surface area contributed by atoms with E-state index in [9.17, 15) is 13.2 Å². The van der Waals surface area contributed by atoms with Crippen molar-refractivity contribution in [2.45, 2.75) is 39.7 Å². The lowest BCUT2D eigenvalue weighted by Gasteiger charge is -2.32. The Morgan fingerprint density at radius 2 is 1.68 bits per heavy atom. The van der Waals surface area contributed by atoms with E-state index in [4.69, 9.17) is 4.74 Å². The van der Waals surface area contributed by atoms with Gasteiger partial charge in [0.25, 0.3) is 10.0 Å². The van der Waals surface area contributed by atoms with E-state index < -0.39 is 10.0 Å². The number of carbonyl (C=O) groups is 1. The number of methoxy groups -OCH3 is 1. The van der Waals surface area contributed by atoms with Gasteiger partial charge in [-0.2, -0.15) is 8.42 Å². The number of rotatable bonds is 6. The van der Waals surface area contributed by atoms with E-state index in [-0.39, 0.29) is 16.7 Å². The number of piperidine rings is 1. The molecular weight excluding hydrogens is 450 g/mol. The Hall–Kier alpha value is -3.13. The first-order chi connectivity index (χ1) is 16.3. The number of benzene rings is 2. The maximum Gasteiger partial charge on any atom is 0.285 e. The Morgan fingerprint density at radius 3 is 2.26 bits per heavy atom. The van der Waals surface area contributed by atoms with Gasteiger partial charge in [-0.05, 0) is 67.1 Å². The number of amidine groups is 1. The summed E-state index contributed by atoms with van der Waals surface area (Å²) >= 11 is 0. The van der Waals surface area contributed by atoms with Crippen LogP contribution in [0.1, 0.15) is 43.4 Å². The maximum atomic E-state index is 12.8. The lowest BCUT2D eigenvalue weighted by Crippen LogP contribution is -2.43. The molecule has 2 aromatic carbocycles. The van der Waals surface area contributed by atoms with Gasteiger partial charge in [0.2, 0.25) is 5.91 Å². The number of hydrogen-bond acceptors (Lipinski definition) is 5. The predicted molar refractivity (Wildman–Crippen MR) is 134 cm³/mol. The van der Waals surface area contributed by atoms with Gasteiger partial charge in [0.1, 0.15) is 16.5 Å². The number of aryl methyl sites for hydroxylation is 1. The van der Waals surface area contributed by atoms with Gasteiger partial charge >= 0.3 is 0 Å². The molecule has 0 atom stereocenters.